The SMILES string of the molecule is [2H]C1([2H])CCC([2H])([2H])N1c1cc(C(=O)Nc2cc3cc(-c4cncn4C)ccc3cn2)ccn1. The first kappa shape index (κ1) is 14.3. The fraction of sp³-hybridized carbons (Fsp3) is 0.217. The summed E-state index contributed by atoms with van der Waals surface area (Å²) in [6.45, 7) is -3.78. The number of fused-ring (bicyclic) bond motifs is 1. The highest BCUT2D eigenvalue weighted by Gasteiger charge is 2.16. The largest absolute Gasteiger partial charge is 0.357 e. The van der Waals surface area contributed by atoms with Crippen LogP contribution in [0, 0.1) is 0 Å². The van der Waals surface area contributed by atoms with E-state index < -0.39 is 18.9 Å². The number of nitrogens with zero attached hydrogens (tertiary/aromatic N) is 5. The minimum Gasteiger partial charge on any atom is -0.357 e. The summed E-state index contributed by atoms with van der Waals surface area (Å²) in [5.41, 5.74) is 2.19. The van der Waals surface area contributed by atoms with Crippen molar-refractivity contribution in [2.45, 2.75) is 12.8 Å². The molecular formula is C23H22N6O. The molecule has 0 unspecified atom stereocenters. The molecule has 1 aromatic carbocycles. The second-order valence-electron chi connectivity index (χ2n) is 7.03. The molecule has 0 bridgehead atoms. The Hall–Kier alpha value is -3.74. The number of pyridine rings is 2. The van der Waals surface area contributed by atoms with E-state index in [9.17, 15) is 4.79 Å². The Morgan fingerprint density at radius 1 is 1.07 bits per heavy atom. The number of carbonyl (C=O) groups excluding carboxylic acids is 1. The number of hydrogen-bond acceptors (Lipinski definition) is 5. The quantitative estimate of drug-likeness (QED) is 0.561. The first-order chi connectivity index (χ1) is 16.1. The summed E-state index contributed by atoms with van der Waals surface area (Å²) in [5, 5.41) is 4.60. The maximum Gasteiger partial charge on any atom is 0.257 e. The second-order valence-corrected chi connectivity index (χ2v) is 7.03. The Bertz CT molecular complexity index is 1390. The summed E-state index contributed by atoms with van der Waals surface area (Å²) in [6.07, 6.45) is 6.67. The molecule has 0 saturated carbocycles. The van der Waals surface area contributed by atoms with Crippen LogP contribution in [-0.2, 0) is 7.05 Å². The van der Waals surface area contributed by atoms with Crippen LogP contribution in [0.15, 0.2) is 61.3 Å². The molecule has 4 heterocycles. The molecule has 0 atom stereocenters. The lowest BCUT2D eigenvalue weighted by atomic mass is 10.1. The highest BCUT2D eigenvalue weighted by Crippen LogP contribution is 2.25. The average Bonchev–Trinajstić information content (AvgIpc) is 3.32. The minimum atomic E-state index is -1.89. The van der Waals surface area contributed by atoms with Gasteiger partial charge in [-0.15, -0.1) is 0 Å². The minimum absolute atomic E-state index is 0.0416. The smallest absolute Gasteiger partial charge is 0.257 e. The second kappa shape index (κ2) is 7.59. The molecule has 7 heteroatoms. The Morgan fingerprint density at radius 3 is 2.73 bits per heavy atom. The maximum atomic E-state index is 12.9. The third-order valence-electron chi connectivity index (χ3n) is 4.98. The topological polar surface area (TPSA) is 75.9 Å². The van der Waals surface area contributed by atoms with Crippen molar-refractivity contribution >= 4 is 28.3 Å². The zero-order valence-electron chi connectivity index (χ0n) is 20.3. The molecule has 1 aliphatic heterocycles. The van der Waals surface area contributed by atoms with Gasteiger partial charge in [-0.1, -0.05) is 12.1 Å². The Labute approximate surface area is 180 Å². The fourth-order valence-electron chi connectivity index (χ4n) is 3.43. The van der Waals surface area contributed by atoms with Gasteiger partial charge >= 0.3 is 0 Å². The third kappa shape index (κ3) is 3.50. The summed E-state index contributed by atoms with van der Waals surface area (Å²) >= 11 is 0. The van der Waals surface area contributed by atoms with Gasteiger partial charge in [-0.3, -0.25) is 4.79 Å². The van der Waals surface area contributed by atoms with E-state index in [1.54, 1.807) is 24.8 Å². The maximum absolute atomic E-state index is 12.9. The number of aryl methyl sites for hydroxylation is 1. The average molecular weight is 402 g/mol. The molecule has 0 aliphatic carbocycles. The van der Waals surface area contributed by atoms with Gasteiger partial charge in [-0.05, 0) is 42.5 Å². The van der Waals surface area contributed by atoms with Crippen LogP contribution < -0.4 is 10.2 Å². The van der Waals surface area contributed by atoms with Gasteiger partial charge in [0.2, 0.25) is 0 Å². The van der Waals surface area contributed by atoms with E-state index in [-0.39, 0.29) is 24.2 Å². The molecule has 0 radical (unpaired) electrons. The summed E-state index contributed by atoms with van der Waals surface area (Å²) in [4.78, 5) is 26.6. The zero-order chi connectivity index (χ0) is 24.1. The van der Waals surface area contributed by atoms with E-state index in [0.29, 0.717) is 5.82 Å². The predicted molar refractivity (Wildman–Crippen MR) is 118 cm³/mol. The van der Waals surface area contributed by atoms with Crippen LogP contribution in [0.1, 0.15) is 28.7 Å². The van der Waals surface area contributed by atoms with E-state index in [1.807, 2.05) is 29.8 Å². The standard InChI is InChI=1S/C23H22N6O/c1-28-15-24-14-20(28)16-4-5-18-13-26-21(11-19(18)10-16)27-23(30)17-6-7-25-22(12-17)29-8-2-3-9-29/h4-7,10-15H,2-3,8-9H2,1H3,(H,26,27,30)/i8D2,9D2. The molecule has 4 aromatic rings. The highest BCUT2D eigenvalue weighted by molar-refractivity contribution is 6.05. The van der Waals surface area contributed by atoms with E-state index >= 15 is 0 Å². The predicted octanol–water partition coefficient (Wildman–Crippen LogP) is 3.88. The van der Waals surface area contributed by atoms with Gasteiger partial charge in [0, 0.05) is 54.4 Å². The molecule has 1 amide bonds. The van der Waals surface area contributed by atoms with Gasteiger partial charge in [-0.2, -0.15) is 0 Å². The summed E-state index contributed by atoms with van der Waals surface area (Å²) in [6, 6.07) is 10.6. The zero-order valence-corrected chi connectivity index (χ0v) is 16.3. The Morgan fingerprint density at radius 2 is 1.93 bits per heavy atom. The number of amides is 1. The molecule has 1 N–H and O–H groups in total. The molecule has 30 heavy (non-hydrogen) atoms. The number of hydrogen-bond donors (Lipinski definition) is 1. The van der Waals surface area contributed by atoms with Crippen molar-refractivity contribution in [3.63, 3.8) is 0 Å². The van der Waals surface area contributed by atoms with Crippen molar-refractivity contribution in [2.75, 3.05) is 23.2 Å². The van der Waals surface area contributed by atoms with Crippen LogP contribution in [0.5, 0.6) is 0 Å². The van der Waals surface area contributed by atoms with Crippen molar-refractivity contribution in [2.24, 2.45) is 7.05 Å². The first-order valence-electron chi connectivity index (χ1n) is 11.6. The van der Waals surface area contributed by atoms with Crippen molar-refractivity contribution in [3.05, 3.63) is 66.9 Å². The van der Waals surface area contributed by atoms with Crippen molar-refractivity contribution in [1.82, 2.24) is 19.5 Å². The molecule has 1 aliphatic rings. The van der Waals surface area contributed by atoms with Gasteiger partial charge in [0.25, 0.3) is 5.91 Å². The molecular weight excluding hydrogens is 376 g/mol. The van der Waals surface area contributed by atoms with Crippen LogP contribution in [0.4, 0.5) is 11.6 Å². The number of rotatable bonds is 4. The Balaban J connectivity index is 1.42. The van der Waals surface area contributed by atoms with Crippen molar-refractivity contribution in [1.29, 1.82) is 0 Å². The van der Waals surface area contributed by atoms with Gasteiger partial charge in [-0.25, -0.2) is 15.0 Å². The van der Waals surface area contributed by atoms with Gasteiger partial charge in [0.15, 0.2) is 0 Å². The van der Waals surface area contributed by atoms with E-state index in [0.717, 1.165) is 26.9 Å². The number of imidazole rings is 1. The number of anilines is 2. The van der Waals surface area contributed by atoms with E-state index in [4.69, 9.17) is 5.48 Å². The lowest BCUT2D eigenvalue weighted by Gasteiger charge is -2.16. The number of benzene rings is 1. The van der Waals surface area contributed by atoms with Crippen LogP contribution in [0.25, 0.3) is 22.0 Å². The third-order valence-corrected chi connectivity index (χ3v) is 4.98. The number of nitrogens with one attached hydrogen (secondary N) is 1. The summed E-state index contributed by atoms with van der Waals surface area (Å²) < 4.78 is 34.5. The van der Waals surface area contributed by atoms with Gasteiger partial charge < -0.3 is 14.8 Å². The molecule has 0 spiro atoms. The molecule has 150 valence electrons. The normalized spacial score (nSPS) is 19.0. The Kier molecular flexibility index (Phi) is 3.61. The van der Waals surface area contributed by atoms with Gasteiger partial charge in [0.1, 0.15) is 11.6 Å². The monoisotopic (exact) mass is 402 g/mol. The molecule has 3 aromatic heterocycles. The van der Waals surface area contributed by atoms with Crippen LogP contribution in [-0.4, -0.2) is 38.4 Å². The highest BCUT2D eigenvalue weighted by atomic mass is 16.1. The van der Waals surface area contributed by atoms with Crippen LogP contribution >= 0.6 is 0 Å². The molecule has 5 rings (SSSR count). The van der Waals surface area contributed by atoms with Crippen molar-refractivity contribution < 1.29 is 10.3 Å². The molecule has 1 fully saturated rings. The fourth-order valence-corrected chi connectivity index (χ4v) is 3.43. The van der Waals surface area contributed by atoms with Crippen LogP contribution in [0.2, 0.25) is 0 Å². The number of carbonyl (C=O) groups is 1. The summed E-state index contributed by atoms with van der Waals surface area (Å²) in [5.74, 6) is -0.00380. The molecule has 1 saturated heterocycles. The van der Waals surface area contributed by atoms with E-state index in [1.165, 1.54) is 18.3 Å². The van der Waals surface area contributed by atoms with Crippen molar-refractivity contribution in [3.8, 4) is 11.3 Å². The van der Waals surface area contributed by atoms with E-state index in [2.05, 4.69) is 20.3 Å². The summed E-state index contributed by atoms with van der Waals surface area (Å²) in [7, 11) is 1.92. The first-order valence-corrected chi connectivity index (χ1v) is 9.58. The molecule has 7 nitrogen and oxygen atoms in total. The van der Waals surface area contributed by atoms with Crippen LogP contribution in [0.3, 0.4) is 0 Å². The van der Waals surface area contributed by atoms with Gasteiger partial charge in [0.05, 0.1) is 18.2 Å². The lowest BCUT2D eigenvalue weighted by molar-refractivity contribution is 0.102. The lowest BCUT2D eigenvalue weighted by Crippen LogP contribution is -2.20. The number of aromatic nitrogens is 4.